The first-order valence-corrected chi connectivity index (χ1v) is 15.5. The van der Waals surface area contributed by atoms with Crippen molar-refractivity contribution in [1.29, 1.82) is 0 Å². The highest BCUT2D eigenvalue weighted by Crippen LogP contribution is 2.59. The first-order valence-electron chi connectivity index (χ1n) is 13.5. The summed E-state index contributed by atoms with van der Waals surface area (Å²) in [6.45, 7) is 4.42. The van der Waals surface area contributed by atoms with E-state index in [1.807, 2.05) is 0 Å². The van der Waals surface area contributed by atoms with Crippen molar-refractivity contribution in [3.8, 4) is 0 Å². The van der Waals surface area contributed by atoms with E-state index in [0.717, 1.165) is 50.3 Å². The van der Waals surface area contributed by atoms with E-state index in [4.69, 9.17) is 0 Å². The van der Waals surface area contributed by atoms with Gasteiger partial charge < -0.3 is 5.11 Å². The van der Waals surface area contributed by atoms with Gasteiger partial charge in [0.2, 0.25) is 0 Å². The molecule has 0 radical (unpaired) electrons. The van der Waals surface area contributed by atoms with Crippen LogP contribution in [0.25, 0.3) is 0 Å². The van der Waals surface area contributed by atoms with Gasteiger partial charge in [-0.2, -0.15) is 0 Å². The molecule has 0 aliphatic heterocycles. The maximum atomic E-state index is 12.1. The second-order valence-electron chi connectivity index (χ2n) is 9.87. The van der Waals surface area contributed by atoms with E-state index in [2.05, 4.69) is 129 Å². The van der Waals surface area contributed by atoms with Gasteiger partial charge in [-0.1, -0.05) is 118 Å². The Morgan fingerprint density at radius 1 is 0.556 bits per heavy atom. The molecular formula is C34H40OP+. The van der Waals surface area contributed by atoms with Crippen molar-refractivity contribution >= 4 is 23.2 Å². The maximum Gasteiger partial charge on any atom is 0.116 e. The van der Waals surface area contributed by atoms with E-state index < -0.39 is 12.9 Å². The molecule has 0 spiro atoms. The van der Waals surface area contributed by atoms with Gasteiger partial charge in [0.05, 0.1) is 11.8 Å². The van der Waals surface area contributed by atoms with Crippen LogP contribution in [0.4, 0.5) is 0 Å². The number of rotatable bonds is 12. The second-order valence-corrected chi connectivity index (χ2v) is 13.4. The average Bonchev–Trinajstić information content (AvgIpc) is 2.95. The van der Waals surface area contributed by atoms with Crippen molar-refractivity contribution in [2.75, 3.05) is 0 Å². The van der Waals surface area contributed by atoms with Crippen molar-refractivity contribution < 1.29 is 5.11 Å². The fourth-order valence-electron chi connectivity index (χ4n) is 5.47. The van der Waals surface area contributed by atoms with Crippen LogP contribution >= 0.6 is 7.26 Å². The van der Waals surface area contributed by atoms with Gasteiger partial charge >= 0.3 is 0 Å². The van der Waals surface area contributed by atoms with Gasteiger partial charge in [-0.05, 0) is 60.4 Å². The van der Waals surface area contributed by atoms with Gasteiger partial charge in [0, 0.05) is 0 Å². The van der Waals surface area contributed by atoms with Crippen LogP contribution in [0.2, 0.25) is 0 Å². The Kier molecular flexibility index (Phi) is 9.13. The molecule has 0 heterocycles. The molecule has 0 saturated carbocycles. The largest absolute Gasteiger partial charge is 0.385 e. The zero-order valence-corrected chi connectivity index (χ0v) is 22.7. The Morgan fingerprint density at radius 3 is 1.36 bits per heavy atom. The van der Waals surface area contributed by atoms with Gasteiger partial charge in [0.1, 0.15) is 23.2 Å². The Hall–Kier alpha value is -2.73. The molecule has 1 N–H and O–H groups in total. The molecule has 4 aromatic rings. The van der Waals surface area contributed by atoms with Gasteiger partial charge in [-0.25, -0.2) is 0 Å². The third-order valence-electron chi connectivity index (χ3n) is 7.40. The molecule has 4 aromatic carbocycles. The minimum absolute atomic E-state index is 0.789. The molecule has 2 heteroatoms. The Morgan fingerprint density at radius 2 is 0.944 bits per heavy atom. The molecule has 0 amide bonds. The standard InChI is InChI=1S/C34H40OP/c1-3-5-26-34(35,27-6-4-2)33-25-17-16-18-29(33)28-36(30-19-10-7-11-20-30,31-21-12-8-13-22-31)32-23-14-9-15-24-32/h7-25,35H,3-6,26-28H2,1-2H3/q+1. The van der Waals surface area contributed by atoms with Crippen molar-refractivity contribution in [2.24, 2.45) is 0 Å². The molecular weight excluding hydrogens is 455 g/mol. The van der Waals surface area contributed by atoms with Gasteiger partial charge in [0.15, 0.2) is 0 Å². The third-order valence-corrected chi connectivity index (χ3v) is 11.8. The Bertz CT molecular complexity index is 1080. The number of unbranched alkanes of at least 4 members (excludes halogenated alkanes) is 2. The quantitative estimate of drug-likeness (QED) is 0.199. The van der Waals surface area contributed by atoms with Crippen LogP contribution in [0, 0.1) is 0 Å². The lowest BCUT2D eigenvalue weighted by Crippen LogP contribution is -2.34. The van der Waals surface area contributed by atoms with Crippen LogP contribution in [0.1, 0.15) is 63.5 Å². The molecule has 0 unspecified atom stereocenters. The number of benzene rings is 4. The van der Waals surface area contributed by atoms with Crippen molar-refractivity contribution in [3.05, 3.63) is 126 Å². The number of hydrogen-bond donors (Lipinski definition) is 1. The van der Waals surface area contributed by atoms with Gasteiger partial charge in [-0.3, -0.25) is 0 Å². The van der Waals surface area contributed by atoms with Crippen LogP contribution in [0.3, 0.4) is 0 Å². The molecule has 0 saturated heterocycles. The summed E-state index contributed by atoms with van der Waals surface area (Å²) in [4.78, 5) is 0. The fourth-order valence-corrected chi connectivity index (χ4v) is 9.74. The summed E-state index contributed by atoms with van der Waals surface area (Å²) in [6, 6.07) is 41.9. The Labute approximate surface area is 218 Å². The topological polar surface area (TPSA) is 20.2 Å². The molecule has 36 heavy (non-hydrogen) atoms. The van der Waals surface area contributed by atoms with Gasteiger partial charge in [-0.15, -0.1) is 0 Å². The third kappa shape index (κ3) is 5.64. The summed E-state index contributed by atoms with van der Waals surface area (Å²) in [7, 11) is -2.03. The van der Waals surface area contributed by atoms with Crippen LogP contribution in [0.15, 0.2) is 115 Å². The molecule has 0 fully saturated rings. The average molecular weight is 496 g/mol. The summed E-state index contributed by atoms with van der Waals surface area (Å²) in [5.74, 6) is 0. The summed E-state index contributed by atoms with van der Waals surface area (Å²) < 4.78 is 0. The molecule has 0 atom stereocenters. The minimum Gasteiger partial charge on any atom is -0.385 e. The number of aliphatic hydroxyl groups is 1. The highest BCUT2D eigenvalue weighted by molar-refractivity contribution is 7.95. The molecule has 1 nitrogen and oxygen atoms in total. The van der Waals surface area contributed by atoms with E-state index in [0.29, 0.717) is 0 Å². The SMILES string of the molecule is CCCCC(O)(CCCC)c1ccccc1C[P+](c1ccccc1)(c1ccccc1)c1ccccc1. The van der Waals surface area contributed by atoms with E-state index >= 15 is 0 Å². The molecule has 4 rings (SSSR count). The number of hydrogen-bond acceptors (Lipinski definition) is 1. The first kappa shape index (κ1) is 26.3. The van der Waals surface area contributed by atoms with Crippen molar-refractivity contribution in [2.45, 2.75) is 64.1 Å². The summed E-state index contributed by atoms with van der Waals surface area (Å²) in [5.41, 5.74) is 1.61. The van der Waals surface area contributed by atoms with Crippen LogP contribution < -0.4 is 15.9 Å². The molecule has 0 aliphatic carbocycles. The predicted molar refractivity (Wildman–Crippen MR) is 158 cm³/mol. The lowest BCUT2D eigenvalue weighted by atomic mass is 9.82. The summed E-state index contributed by atoms with van der Waals surface area (Å²) in [5, 5.41) is 16.3. The fraction of sp³-hybridized carbons (Fsp3) is 0.294. The lowest BCUT2D eigenvalue weighted by Gasteiger charge is -2.33. The highest BCUT2D eigenvalue weighted by atomic mass is 31.2. The van der Waals surface area contributed by atoms with Crippen LogP contribution in [0.5, 0.6) is 0 Å². The summed E-state index contributed by atoms with van der Waals surface area (Å²) >= 11 is 0. The summed E-state index contributed by atoms with van der Waals surface area (Å²) in [6.07, 6.45) is 6.76. The Balaban J connectivity index is 1.94. The predicted octanol–water partition coefficient (Wildman–Crippen LogP) is 7.75. The molecule has 0 aromatic heterocycles. The lowest BCUT2D eigenvalue weighted by molar-refractivity contribution is 0.0135. The monoisotopic (exact) mass is 495 g/mol. The van der Waals surface area contributed by atoms with Crippen molar-refractivity contribution in [3.63, 3.8) is 0 Å². The van der Waals surface area contributed by atoms with E-state index in [1.165, 1.54) is 21.5 Å². The smallest absolute Gasteiger partial charge is 0.116 e. The minimum atomic E-state index is -2.03. The normalized spacial score (nSPS) is 12.0. The second kappa shape index (κ2) is 12.5. The van der Waals surface area contributed by atoms with E-state index in [9.17, 15) is 5.11 Å². The van der Waals surface area contributed by atoms with Crippen LogP contribution in [-0.2, 0) is 11.8 Å². The first-order chi connectivity index (χ1) is 17.6. The molecule has 0 bridgehead atoms. The highest BCUT2D eigenvalue weighted by Gasteiger charge is 2.46. The zero-order valence-electron chi connectivity index (χ0n) is 21.8. The van der Waals surface area contributed by atoms with Crippen molar-refractivity contribution in [1.82, 2.24) is 0 Å². The molecule has 186 valence electrons. The maximum absolute atomic E-state index is 12.1. The van der Waals surface area contributed by atoms with Crippen LogP contribution in [-0.4, -0.2) is 5.11 Å². The zero-order chi connectivity index (χ0) is 25.3. The molecule has 0 aliphatic rings. The van der Waals surface area contributed by atoms with Gasteiger partial charge in [0.25, 0.3) is 0 Å². The van der Waals surface area contributed by atoms with E-state index in [1.54, 1.807) is 0 Å². The van der Waals surface area contributed by atoms with E-state index in [-0.39, 0.29) is 0 Å².